The second-order valence-electron chi connectivity index (χ2n) is 8.65. The quantitative estimate of drug-likeness (QED) is 0.531. The zero-order valence-corrected chi connectivity index (χ0v) is 20.2. The van der Waals surface area contributed by atoms with Gasteiger partial charge >= 0.3 is 12.3 Å². The van der Waals surface area contributed by atoms with E-state index in [0.29, 0.717) is 35.9 Å². The summed E-state index contributed by atoms with van der Waals surface area (Å²) >= 11 is 0. The fourth-order valence-electron chi connectivity index (χ4n) is 4.62. The lowest BCUT2D eigenvalue weighted by Crippen LogP contribution is -2.46. The third-order valence-electron chi connectivity index (χ3n) is 6.35. The summed E-state index contributed by atoms with van der Waals surface area (Å²) in [6, 6.07) is 13.0. The van der Waals surface area contributed by atoms with Crippen LogP contribution in [0.1, 0.15) is 28.2 Å². The van der Waals surface area contributed by atoms with Crippen molar-refractivity contribution in [2.75, 3.05) is 36.5 Å². The minimum atomic E-state index is -4.72. The predicted octanol–water partition coefficient (Wildman–Crippen LogP) is 3.94. The molecule has 2 amide bonds. The van der Waals surface area contributed by atoms with Crippen LogP contribution in [0.3, 0.4) is 0 Å². The molecule has 0 fully saturated rings. The average molecular weight is 528 g/mol. The van der Waals surface area contributed by atoms with Gasteiger partial charge in [0.2, 0.25) is 5.96 Å². The third kappa shape index (κ3) is 4.62. The number of benzene rings is 2. The number of aliphatic imine (C=N–C) groups is 1. The number of nitrogens with zero attached hydrogens (tertiary/aromatic N) is 5. The molecule has 10 nitrogen and oxygen atoms in total. The molecule has 0 radical (unpaired) electrons. The van der Waals surface area contributed by atoms with Crippen molar-refractivity contribution in [2.24, 2.45) is 4.99 Å². The summed E-state index contributed by atoms with van der Waals surface area (Å²) in [5, 5.41) is 15.2. The molecule has 0 bridgehead atoms. The van der Waals surface area contributed by atoms with Crippen molar-refractivity contribution in [2.45, 2.75) is 19.0 Å². The molecule has 0 unspecified atom stereocenters. The Morgan fingerprint density at radius 3 is 2.24 bits per heavy atom. The summed E-state index contributed by atoms with van der Waals surface area (Å²) in [5.74, 6) is 0.114. The first-order chi connectivity index (χ1) is 18.2. The van der Waals surface area contributed by atoms with E-state index in [1.54, 1.807) is 41.3 Å². The number of alkyl halides is 3. The highest BCUT2D eigenvalue weighted by Crippen LogP contribution is 2.37. The number of rotatable bonds is 4. The van der Waals surface area contributed by atoms with Crippen molar-refractivity contribution in [1.29, 1.82) is 0 Å². The van der Waals surface area contributed by atoms with Crippen molar-refractivity contribution in [3.63, 3.8) is 0 Å². The summed E-state index contributed by atoms with van der Waals surface area (Å²) < 4.78 is 47.6. The van der Waals surface area contributed by atoms with Crippen molar-refractivity contribution in [3.8, 4) is 11.4 Å². The number of hydrogen-bond donors (Lipinski definition) is 2. The Morgan fingerprint density at radius 2 is 1.63 bits per heavy atom. The van der Waals surface area contributed by atoms with Crippen molar-refractivity contribution in [1.82, 2.24) is 15.1 Å². The number of carboxylic acid groups (broad SMARTS) is 1. The fourth-order valence-corrected chi connectivity index (χ4v) is 4.62. The van der Waals surface area contributed by atoms with Crippen LogP contribution in [-0.2, 0) is 12.6 Å². The Labute approximate surface area is 214 Å². The van der Waals surface area contributed by atoms with Gasteiger partial charge in [0.05, 0.1) is 12.8 Å². The molecule has 3 heterocycles. The molecule has 3 aromatic rings. The van der Waals surface area contributed by atoms with Crippen LogP contribution in [0.25, 0.3) is 5.69 Å². The lowest BCUT2D eigenvalue weighted by atomic mass is 10.0. The number of amides is 2. The van der Waals surface area contributed by atoms with Gasteiger partial charge in [0, 0.05) is 36.6 Å². The Bertz CT molecular complexity index is 1400. The number of methoxy groups -OCH3 is 1. The van der Waals surface area contributed by atoms with E-state index in [2.05, 4.69) is 15.4 Å². The largest absolute Gasteiger partial charge is 0.497 e. The topological polar surface area (TPSA) is 112 Å². The standard InChI is InChI=1S/C25H23F3N6O4/c1-38-18-9-7-17(8-10-18)34-20-19(21(31-34)25(26,27)28)11-14-32(22(20)35)15-3-5-16(6-4-15)33-13-2-12-29-23(33)30-24(36)37/h3-10H,2,11-14H2,1H3,(H,29,30)(H,36,37). The van der Waals surface area contributed by atoms with Crippen LogP contribution in [0.15, 0.2) is 53.5 Å². The highest BCUT2D eigenvalue weighted by Gasteiger charge is 2.43. The van der Waals surface area contributed by atoms with E-state index < -0.39 is 23.9 Å². The Morgan fingerprint density at radius 1 is 1.00 bits per heavy atom. The van der Waals surface area contributed by atoms with Gasteiger partial charge in [-0.25, -0.2) is 9.48 Å². The maximum absolute atomic E-state index is 13.8. The summed E-state index contributed by atoms with van der Waals surface area (Å²) in [5.41, 5.74) is 0.0883. The molecule has 5 rings (SSSR count). The number of carbonyl (C=O) groups excluding carboxylic acids is 1. The predicted molar refractivity (Wildman–Crippen MR) is 132 cm³/mol. The van der Waals surface area contributed by atoms with Gasteiger partial charge in [-0.05, 0) is 61.4 Å². The van der Waals surface area contributed by atoms with Crippen LogP contribution >= 0.6 is 0 Å². The maximum atomic E-state index is 13.8. The lowest BCUT2D eigenvalue weighted by molar-refractivity contribution is -0.141. The van der Waals surface area contributed by atoms with Crippen LogP contribution in [0.5, 0.6) is 5.75 Å². The number of ether oxygens (including phenoxy) is 1. The number of hydrogen-bond acceptors (Lipinski definition) is 6. The van der Waals surface area contributed by atoms with E-state index in [1.165, 1.54) is 24.1 Å². The van der Waals surface area contributed by atoms with E-state index in [9.17, 15) is 22.8 Å². The molecule has 0 atom stereocenters. The molecule has 38 heavy (non-hydrogen) atoms. The van der Waals surface area contributed by atoms with Crippen molar-refractivity contribution >= 4 is 29.3 Å². The van der Waals surface area contributed by atoms with Gasteiger partial charge in [-0.2, -0.15) is 18.3 Å². The number of halogens is 3. The van der Waals surface area contributed by atoms with Gasteiger partial charge in [-0.15, -0.1) is 0 Å². The summed E-state index contributed by atoms with van der Waals surface area (Å²) in [6.45, 7) is 1.09. The molecule has 0 spiro atoms. The van der Waals surface area contributed by atoms with E-state index in [-0.39, 0.29) is 30.2 Å². The highest BCUT2D eigenvalue weighted by atomic mass is 19.4. The second-order valence-corrected chi connectivity index (χ2v) is 8.65. The van der Waals surface area contributed by atoms with Crippen molar-refractivity contribution < 1.29 is 32.6 Å². The number of nitrogens with one attached hydrogen (secondary N) is 1. The number of aromatic nitrogens is 2. The first-order valence-electron chi connectivity index (χ1n) is 11.7. The van der Waals surface area contributed by atoms with Crippen LogP contribution in [0, 0.1) is 0 Å². The van der Waals surface area contributed by atoms with Gasteiger partial charge in [0.25, 0.3) is 5.91 Å². The highest BCUT2D eigenvalue weighted by molar-refractivity contribution is 6.08. The van der Waals surface area contributed by atoms with Crippen LogP contribution in [0.4, 0.5) is 29.3 Å². The third-order valence-corrected chi connectivity index (χ3v) is 6.35. The number of guanidine groups is 1. The minimum Gasteiger partial charge on any atom is -0.497 e. The molecule has 2 aromatic carbocycles. The maximum Gasteiger partial charge on any atom is 0.435 e. The number of anilines is 2. The summed E-state index contributed by atoms with van der Waals surface area (Å²) in [6.07, 6.45) is -5.24. The Kier molecular flexibility index (Phi) is 6.43. The van der Waals surface area contributed by atoms with Gasteiger partial charge < -0.3 is 19.6 Å². The average Bonchev–Trinajstić information content (AvgIpc) is 3.31. The summed E-state index contributed by atoms with van der Waals surface area (Å²) in [7, 11) is 1.47. The van der Waals surface area contributed by atoms with E-state index >= 15 is 0 Å². The van der Waals surface area contributed by atoms with Crippen LogP contribution in [0.2, 0.25) is 0 Å². The molecule has 13 heteroatoms. The minimum absolute atomic E-state index is 0.0285. The molecule has 2 N–H and O–H groups in total. The van der Waals surface area contributed by atoms with Crippen LogP contribution < -0.4 is 19.9 Å². The Balaban J connectivity index is 1.48. The number of carbonyl (C=O) groups is 2. The molecule has 2 aliphatic heterocycles. The molecule has 1 aromatic heterocycles. The molecule has 0 aliphatic carbocycles. The lowest BCUT2D eigenvalue weighted by Gasteiger charge is -2.30. The molecule has 0 saturated heterocycles. The monoisotopic (exact) mass is 528 g/mol. The Hall–Kier alpha value is -4.55. The molecular weight excluding hydrogens is 505 g/mol. The zero-order chi connectivity index (χ0) is 27.0. The van der Waals surface area contributed by atoms with E-state index in [4.69, 9.17) is 9.84 Å². The molecule has 198 valence electrons. The zero-order valence-electron chi connectivity index (χ0n) is 20.2. The normalized spacial score (nSPS) is 15.7. The SMILES string of the molecule is COc1ccc(-n2nc(C(F)(F)F)c3c2C(=O)N(c2ccc(N4CCCN=C4NC(=O)O)cc2)CC3)cc1. The number of fused-ring (bicyclic) bond motifs is 1. The van der Waals surface area contributed by atoms with Crippen LogP contribution in [-0.4, -0.2) is 59.6 Å². The first-order valence-corrected chi connectivity index (χ1v) is 11.7. The smallest absolute Gasteiger partial charge is 0.435 e. The van der Waals surface area contributed by atoms with Gasteiger partial charge in [0.1, 0.15) is 11.4 Å². The molecule has 0 saturated carbocycles. The first kappa shape index (κ1) is 25.1. The van der Waals surface area contributed by atoms with Gasteiger partial charge in [0.15, 0.2) is 5.69 Å². The molecular formula is C25H23F3N6O4. The van der Waals surface area contributed by atoms with E-state index in [0.717, 1.165) is 11.1 Å². The van der Waals surface area contributed by atoms with Gasteiger partial charge in [-0.1, -0.05) is 0 Å². The van der Waals surface area contributed by atoms with Crippen molar-refractivity contribution in [3.05, 3.63) is 65.5 Å². The summed E-state index contributed by atoms with van der Waals surface area (Å²) in [4.78, 5) is 32.1. The fraction of sp³-hybridized carbons (Fsp3) is 0.280. The second kappa shape index (κ2) is 9.72. The van der Waals surface area contributed by atoms with E-state index in [1.807, 2.05) is 0 Å². The molecule has 2 aliphatic rings. The van der Waals surface area contributed by atoms with Gasteiger partial charge in [-0.3, -0.25) is 15.1 Å².